The summed E-state index contributed by atoms with van der Waals surface area (Å²) in [5.74, 6) is -1.58. The van der Waals surface area contributed by atoms with Crippen molar-refractivity contribution in [1.29, 1.82) is 0 Å². The first-order chi connectivity index (χ1) is 16.0. The maximum atomic E-state index is 14.7. The van der Waals surface area contributed by atoms with Gasteiger partial charge in [0.1, 0.15) is 0 Å². The summed E-state index contributed by atoms with van der Waals surface area (Å²) >= 11 is 0. The lowest BCUT2D eigenvalue weighted by Gasteiger charge is -2.10. The molecule has 0 saturated carbocycles. The molecule has 0 bridgehead atoms. The monoisotopic (exact) mass is 449 g/mol. The minimum absolute atomic E-state index is 0.155. The lowest BCUT2D eigenvalue weighted by molar-refractivity contribution is 0.386. The fourth-order valence-electron chi connectivity index (χ4n) is 3.65. The van der Waals surface area contributed by atoms with Crippen molar-refractivity contribution in [2.24, 2.45) is 0 Å². The third-order valence-electron chi connectivity index (χ3n) is 5.54. The Morgan fingerprint density at radius 2 is 1.42 bits per heavy atom. The van der Waals surface area contributed by atoms with Crippen LogP contribution in [0.3, 0.4) is 0 Å². The minimum atomic E-state index is -0.892. The molecule has 0 radical (unpaired) electrons. The molecule has 3 aromatic carbocycles. The predicted octanol–water partition coefficient (Wildman–Crippen LogP) is 6.64. The summed E-state index contributed by atoms with van der Waals surface area (Å²) in [6.45, 7) is 0. The maximum Gasteiger partial charge on any atom is 0.212 e. The molecular weight excluding hydrogens is 427 g/mol. The van der Waals surface area contributed by atoms with Gasteiger partial charge in [-0.05, 0) is 53.3 Å². The number of rotatable bonds is 7. The van der Waals surface area contributed by atoms with E-state index in [9.17, 15) is 13.2 Å². The Morgan fingerprint density at radius 3 is 2.06 bits per heavy atom. The van der Waals surface area contributed by atoms with Gasteiger partial charge >= 0.3 is 0 Å². The molecule has 0 saturated heterocycles. The standard InChI is InChI=1S/C27H22F3NO2/c1-32-24-13-10-20(15-23(24)28)18-6-3-17(4-7-18)5-8-19-9-12-22(27(30)26(19)29)21-11-14-25(33-2)31-16-21/h3-4,6-7,9-16H,5,8H2,1-2H3. The highest BCUT2D eigenvalue weighted by Crippen LogP contribution is 2.28. The van der Waals surface area contributed by atoms with Gasteiger partial charge in [-0.1, -0.05) is 42.5 Å². The highest BCUT2D eigenvalue weighted by atomic mass is 19.2. The molecule has 4 aromatic rings. The summed E-state index contributed by atoms with van der Waals surface area (Å²) in [6.07, 6.45) is 2.34. The van der Waals surface area contributed by atoms with Crippen LogP contribution in [0.5, 0.6) is 11.6 Å². The molecule has 0 aliphatic rings. The van der Waals surface area contributed by atoms with Gasteiger partial charge in [0.05, 0.1) is 14.2 Å². The third kappa shape index (κ3) is 4.85. The van der Waals surface area contributed by atoms with E-state index in [1.165, 1.54) is 26.5 Å². The van der Waals surface area contributed by atoms with E-state index in [2.05, 4.69) is 4.98 Å². The second kappa shape index (κ2) is 9.77. The molecule has 0 fully saturated rings. The molecule has 0 spiro atoms. The smallest absolute Gasteiger partial charge is 0.212 e. The Hall–Kier alpha value is -3.80. The van der Waals surface area contributed by atoms with Crippen LogP contribution in [0.2, 0.25) is 0 Å². The Balaban J connectivity index is 1.46. The molecule has 0 aliphatic heterocycles. The largest absolute Gasteiger partial charge is 0.494 e. The van der Waals surface area contributed by atoms with E-state index in [-0.39, 0.29) is 11.3 Å². The predicted molar refractivity (Wildman–Crippen MR) is 122 cm³/mol. The Kier molecular flexibility index (Phi) is 6.63. The average Bonchev–Trinajstić information content (AvgIpc) is 2.85. The molecular formula is C27H22F3NO2. The highest BCUT2D eigenvalue weighted by Gasteiger charge is 2.15. The highest BCUT2D eigenvalue weighted by molar-refractivity contribution is 5.65. The van der Waals surface area contributed by atoms with Gasteiger partial charge in [0.15, 0.2) is 23.2 Å². The molecule has 33 heavy (non-hydrogen) atoms. The number of hydrogen-bond donors (Lipinski definition) is 0. The Morgan fingerprint density at radius 1 is 0.697 bits per heavy atom. The number of methoxy groups -OCH3 is 2. The van der Waals surface area contributed by atoms with Crippen molar-refractivity contribution in [3.63, 3.8) is 0 Å². The first-order valence-electron chi connectivity index (χ1n) is 10.4. The minimum Gasteiger partial charge on any atom is -0.494 e. The van der Waals surface area contributed by atoms with Gasteiger partial charge < -0.3 is 9.47 Å². The van der Waals surface area contributed by atoms with E-state index in [0.717, 1.165) is 16.7 Å². The van der Waals surface area contributed by atoms with E-state index < -0.39 is 17.5 Å². The lowest BCUT2D eigenvalue weighted by atomic mass is 9.98. The zero-order valence-corrected chi connectivity index (χ0v) is 18.2. The van der Waals surface area contributed by atoms with Gasteiger partial charge in [0.2, 0.25) is 5.88 Å². The number of aromatic nitrogens is 1. The molecule has 4 rings (SSSR count). The average molecular weight is 449 g/mol. The molecule has 168 valence electrons. The van der Waals surface area contributed by atoms with E-state index in [0.29, 0.717) is 29.8 Å². The summed E-state index contributed by atoms with van der Waals surface area (Å²) in [6, 6.07) is 18.8. The fraction of sp³-hybridized carbons (Fsp3) is 0.148. The van der Waals surface area contributed by atoms with Gasteiger partial charge in [-0.25, -0.2) is 18.2 Å². The number of benzene rings is 3. The van der Waals surface area contributed by atoms with E-state index in [1.807, 2.05) is 24.3 Å². The molecule has 0 atom stereocenters. The van der Waals surface area contributed by atoms with Gasteiger partial charge in [-0.15, -0.1) is 0 Å². The number of aryl methyl sites for hydroxylation is 2. The first-order valence-corrected chi connectivity index (χ1v) is 10.4. The number of ether oxygens (including phenoxy) is 2. The quantitative estimate of drug-likeness (QED) is 0.317. The van der Waals surface area contributed by atoms with Crippen LogP contribution in [0.4, 0.5) is 13.2 Å². The fourth-order valence-corrected chi connectivity index (χ4v) is 3.65. The molecule has 6 heteroatoms. The van der Waals surface area contributed by atoms with Gasteiger partial charge in [-0.3, -0.25) is 0 Å². The molecule has 0 N–H and O–H groups in total. The van der Waals surface area contributed by atoms with Crippen molar-refractivity contribution in [2.75, 3.05) is 14.2 Å². The molecule has 0 aliphatic carbocycles. The maximum absolute atomic E-state index is 14.7. The normalized spacial score (nSPS) is 10.8. The van der Waals surface area contributed by atoms with Gasteiger partial charge in [0, 0.05) is 23.4 Å². The third-order valence-corrected chi connectivity index (χ3v) is 5.54. The SMILES string of the molecule is COc1ccc(-c2ccc(CCc3ccc(-c4ccc(OC)c(F)c4)cc3)c(F)c2F)cn1. The molecule has 3 nitrogen and oxygen atoms in total. The van der Waals surface area contributed by atoms with Crippen LogP contribution >= 0.6 is 0 Å². The zero-order valence-electron chi connectivity index (χ0n) is 18.2. The second-order valence-corrected chi connectivity index (χ2v) is 7.54. The molecule has 1 heterocycles. The van der Waals surface area contributed by atoms with E-state index in [4.69, 9.17) is 9.47 Å². The van der Waals surface area contributed by atoms with Crippen molar-refractivity contribution >= 4 is 0 Å². The van der Waals surface area contributed by atoms with Crippen molar-refractivity contribution < 1.29 is 22.6 Å². The van der Waals surface area contributed by atoms with Crippen molar-refractivity contribution in [3.8, 4) is 33.9 Å². The summed E-state index contributed by atoms with van der Waals surface area (Å²) < 4.78 is 53.3. The van der Waals surface area contributed by atoms with Crippen molar-refractivity contribution in [3.05, 3.63) is 102 Å². The van der Waals surface area contributed by atoms with Crippen LogP contribution in [-0.4, -0.2) is 19.2 Å². The van der Waals surface area contributed by atoms with Crippen LogP contribution < -0.4 is 9.47 Å². The molecule has 0 unspecified atom stereocenters. The Labute approximate surface area is 190 Å². The zero-order chi connectivity index (χ0) is 23.4. The molecule has 1 aromatic heterocycles. The second-order valence-electron chi connectivity index (χ2n) is 7.54. The summed E-state index contributed by atoms with van der Waals surface area (Å²) in [7, 11) is 2.91. The van der Waals surface area contributed by atoms with E-state index in [1.54, 1.807) is 36.4 Å². The van der Waals surface area contributed by atoms with Crippen LogP contribution in [0, 0.1) is 17.5 Å². The lowest BCUT2D eigenvalue weighted by Crippen LogP contribution is -2.00. The topological polar surface area (TPSA) is 31.4 Å². The van der Waals surface area contributed by atoms with Crippen molar-refractivity contribution in [1.82, 2.24) is 4.98 Å². The summed E-state index contributed by atoms with van der Waals surface area (Å²) in [5, 5.41) is 0. The number of pyridine rings is 1. The first kappa shape index (κ1) is 22.4. The Bertz CT molecular complexity index is 1260. The van der Waals surface area contributed by atoms with Crippen molar-refractivity contribution in [2.45, 2.75) is 12.8 Å². The van der Waals surface area contributed by atoms with Crippen LogP contribution in [0.15, 0.2) is 72.9 Å². The number of nitrogens with zero attached hydrogens (tertiary/aromatic N) is 1. The number of hydrogen-bond acceptors (Lipinski definition) is 3. The van der Waals surface area contributed by atoms with Crippen LogP contribution in [0.1, 0.15) is 11.1 Å². The van der Waals surface area contributed by atoms with Gasteiger partial charge in [-0.2, -0.15) is 0 Å². The van der Waals surface area contributed by atoms with Crippen LogP contribution in [-0.2, 0) is 12.8 Å². The van der Waals surface area contributed by atoms with E-state index >= 15 is 0 Å². The summed E-state index contributed by atoms with van der Waals surface area (Å²) in [4.78, 5) is 4.05. The number of halogens is 3. The summed E-state index contributed by atoms with van der Waals surface area (Å²) in [5.41, 5.74) is 3.49. The molecule has 0 amide bonds. The van der Waals surface area contributed by atoms with Crippen LogP contribution in [0.25, 0.3) is 22.3 Å². The van der Waals surface area contributed by atoms with Gasteiger partial charge in [0.25, 0.3) is 0 Å².